The molecule has 23 heavy (non-hydrogen) atoms. The number of rotatable bonds is 5. The lowest BCUT2D eigenvalue weighted by atomic mass is 10.1. The van der Waals surface area contributed by atoms with Crippen molar-refractivity contribution in [3.8, 4) is 0 Å². The Balaban J connectivity index is 2.31. The number of carboxylic acids is 1. The van der Waals surface area contributed by atoms with E-state index in [4.69, 9.17) is 0 Å². The fraction of sp³-hybridized carbons (Fsp3) is 0.167. The molecule has 0 bridgehead atoms. The SMILES string of the molecule is C=C1C=CC(NCc2cccc(F)c2C)=C(C(=O)O)N1/C=C\C. The number of carbonyl (C=O) groups is 1. The van der Waals surface area contributed by atoms with Crippen LogP contribution in [0.4, 0.5) is 4.39 Å². The fourth-order valence-corrected chi connectivity index (χ4v) is 2.33. The third kappa shape index (κ3) is 3.51. The van der Waals surface area contributed by atoms with Gasteiger partial charge in [0.1, 0.15) is 5.82 Å². The maximum absolute atomic E-state index is 13.6. The molecule has 0 saturated heterocycles. The third-order valence-corrected chi connectivity index (χ3v) is 3.60. The first-order chi connectivity index (χ1) is 11.0. The number of halogens is 1. The zero-order valence-electron chi connectivity index (χ0n) is 13.1. The molecule has 0 fully saturated rings. The van der Waals surface area contributed by atoms with Crippen molar-refractivity contribution in [2.24, 2.45) is 0 Å². The maximum Gasteiger partial charge on any atom is 0.355 e. The second kappa shape index (κ2) is 6.96. The summed E-state index contributed by atoms with van der Waals surface area (Å²) >= 11 is 0. The fourth-order valence-electron chi connectivity index (χ4n) is 2.33. The van der Waals surface area contributed by atoms with E-state index in [1.54, 1.807) is 44.3 Å². The van der Waals surface area contributed by atoms with E-state index in [2.05, 4.69) is 11.9 Å². The molecule has 0 radical (unpaired) electrons. The summed E-state index contributed by atoms with van der Waals surface area (Å²) < 4.78 is 13.6. The van der Waals surface area contributed by atoms with Crippen LogP contribution in [0, 0.1) is 12.7 Å². The minimum atomic E-state index is -1.06. The zero-order chi connectivity index (χ0) is 17.0. The van der Waals surface area contributed by atoms with Crippen molar-refractivity contribution in [2.45, 2.75) is 20.4 Å². The average Bonchev–Trinajstić information content (AvgIpc) is 2.51. The molecule has 0 amide bonds. The van der Waals surface area contributed by atoms with Crippen LogP contribution < -0.4 is 5.32 Å². The molecule has 0 atom stereocenters. The lowest BCUT2D eigenvalue weighted by Gasteiger charge is -2.27. The summed E-state index contributed by atoms with van der Waals surface area (Å²) in [7, 11) is 0. The Morgan fingerprint density at radius 1 is 1.43 bits per heavy atom. The lowest BCUT2D eigenvalue weighted by molar-refractivity contribution is -0.134. The van der Waals surface area contributed by atoms with Gasteiger partial charge in [-0.1, -0.05) is 24.8 Å². The Morgan fingerprint density at radius 2 is 2.17 bits per heavy atom. The molecule has 0 aromatic heterocycles. The smallest absolute Gasteiger partial charge is 0.355 e. The van der Waals surface area contributed by atoms with Gasteiger partial charge in [-0.15, -0.1) is 0 Å². The number of aliphatic carboxylic acids is 1. The molecular formula is C18H19FN2O2. The Bertz CT molecular complexity index is 733. The van der Waals surface area contributed by atoms with E-state index in [0.717, 1.165) is 5.56 Å². The molecular weight excluding hydrogens is 295 g/mol. The van der Waals surface area contributed by atoms with E-state index in [1.165, 1.54) is 11.0 Å². The monoisotopic (exact) mass is 314 g/mol. The van der Waals surface area contributed by atoms with Crippen molar-refractivity contribution in [2.75, 3.05) is 0 Å². The zero-order valence-corrected chi connectivity index (χ0v) is 13.1. The summed E-state index contributed by atoms with van der Waals surface area (Å²) in [6, 6.07) is 4.84. The van der Waals surface area contributed by atoms with E-state index >= 15 is 0 Å². The summed E-state index contributed by atoms with van der Waals surface area (Å²) in [5.74, 6) is -1.34. The number of allylic oxidation sites excluding steroid dienone is 3. The number of nitrogens with zero attached hydrogens (tertiary/aromatic N) is 1. The summed E-state index contributed by atoms with van der Waals surface area (Å²) in [5, 5.41) is 12.6. The van der Waals surface area contributed by atoms with Crippen LogP contribution in [0.25, 0.3) is 0 Å². The summed E-state index contributed by atoms with van der Waals surface area (Å²) in [6.45, 7) is 7.67. The van der Waals surface area contributed by atoms with Gasteiger partial charge in [0.2, 0.25) is 0 Å². The van der Waals surface area contributed by atoms with Crippen molar-refractivity contribution in [1.29, 1.82) is 0 Å². The van der Waals surface area contributed by atoms with Gasteiger partial charge in [0, 0.05) is 18.4 Å². The maximum atomic E-state index is 13.6. The number of hydrogen-bond donors (Lipinski definition) is 2. The minimum absolute atomic E-state index is 0.0876. The van der Waals surface area contributed by atoms with E-state index in [1.807, 2.05) is 6.07 Å². The van der Waals surface area contributed by atoms with Crippen LogP contribution in [-0.2, 0) is 11.3 Å². The first-order valence-electron chi connectivity index (χ1n) is 7.20. The van der Waals surface area contributed by atoms with Crippen molar-refractivity contribution in [3.05, 3.63) is 83.2 Å². The van der Waals surface area contributed by atoms with E-state index in [0.29, 0.717) is 23.5 Å². The first kappa shape index (κ1) is 16.5. The number of nitrogens with one attached hydrogen (secondary N) is 1. The first-order valence-corrected chi connectivity index (χ1v) is 7.20. The average molecular weight is 314 g/mol. The van der Waals surface area contributed by atoms with E-state index in [9.17, 15) is 14.3 Å². The highest BCUT2D eigenvalue weighted by Gasteiger charge is 2.23. The number of hydrogen-bond acceptors (Lipinski definition) is 3. The second-order valence-corrected chi connectivity index (χ2v) is 5.12. The van der Waals surface area contributed by atoms with Gasteiger partial charge in [-0.3, -0.25) is 0 Å². The predicted octanol–water partition coefficient (Wildman–Crippen LogP) is 3.44. The van der Waals surface area contributed by atoms with Gasteiger partial charge in [0.05, 0.1) is 5.70 Å². The molecule has 1 aliphatic rings. The molecule has 1 aliphatic heterocycles. The predicted molar refractivity (Wildman–Crippen MR) is 87.6 cm³/mol. The van der Waals surface area contributed by atoms with Gasteiger partial charge >= 0.3 is 5.97 Å². The van der Waals surface area contributed by atoms with Crippen LogP contribution in [0.15, 0.2) is 66.3 Å². The van der Waals surface area contributed by atoms with Crippen molar-refractivity contribution in [3.63, 3.8) is 0 Å². The number of benzene rings is 1. The normalized spacial score (nSPS) is 14.7. The Kier molecular flexibility index (Phi) is 5.01. The summed E-state index contributed by atoms with van der Waals surface area (Å²) in [4.78, 5) is 13.1. The molecule has 2 N–H and O–H groups in total. The second-order valence-electron chi connectivity index (χ2n) is 5.12. The van der Waals surface area contributed by atoms with Crippen molar-refractivity contribution < 1.29 is 14.3 Å². The van der Waals surface area contributed by atoms with Gasteiger partial charge in [0.25, 0.3) is 0 Å². The van der Waals surface area contributed by atoms with Crippen molar-refractivity contribution in [1.82, 2.24) is 10.2 Å². The van der Waals surface area contributed by atoms with Crippen LogP contribution in [0.2, 0.25) is 0 Å². The van der Waals surface area contributed by atoms with Crippen LogP contribution in [-0.4, -0.2) is 16.0 Å². The van der Waals surface area contributed by atoms with E-state index in [-0.39, 0.29) is 11.5 Å². The molecule has 1 aromatic rings. The van der Waals surface area contributed by atoms with Crippen LogP contribution >= 0.6 is 0 Å². The van der Waals surface area contributed by atoms with Gasteiger partial charge in [-0.2, -0.15) is 0 Å². The molecule has 0 saturated carbocycles. The van der Waals surface area contributed by atoms with Gasteiger partial charge in [-0.05, 0) is 43.2 Å². The summed E-state index contributed by atoms with van der Waals surface area (Å²) in [5.41, 5.74) is 2.42. The highest BCUT2D eigenvalue weighted by molar-refractivity contribution is 5.88. The topological polar surface area (TPSA) is 52.6 Å². The Labute approximate surface area is 134 Å². The molecule has 5 heteroatoms. The van der Waals surface area contributed by atoms with Crippen LogP contribution in [0.1, 0.15) is 18.1 Å². The quantitative estimate of drug-likeness (QED) is 0.874. The molecule has 1 heterocycles. The summed E-state index contributed by atoms with van der Waals surface area (Å²) in [6.07, 6.45) is 6.78. The molecule has 1 aromatic carbocycles. The van der Waals surface area contributed by atoms with E-state index < -0.39 is 5.97 Å². The Morgan fingerprint density at radius 3 is 2.83 bits per heavy atom. The van der Waals surface area contributed by atoms with Gasteiger partial charge in [0.15, 0.2) is 5.70 Å². The molecule has 0 unspecified atom stereocenters. The standard InChI is InChI=1S/C18H19FN2O2/c1-4-10-21-12(2)8-9-16(17(21)18(22)23)20-11-14-6-5-7-15(19)13(14)3/h4-10,20H,2,11H2,1,3H3,(H,22,23)/b10-4-. The van der Waals surface area contributed by atoms with Crippen LogP contribution in [0.5, 0.6) is 0 Å². The number of carboxylic acid groups (broad SMARTS) is 1. The highest BCUT2D eigenvalue weighted by atomic mass is 19.1. The molecule has 0 aliphatic carbocycles. The third-order valence-electron chi connectivity index (χ3n) is 3.60. The van der Waals surface area contributed by atoms with Crippen LogP contribution in [0.3, 0.4) is 0 Å². The molecule has 4 nitrogen and oxygen atoms in total. The lowest BCUT2D eigenvalue weighted by Crippen LogP contribution is -2.29. The van der Waals surface area contributed by atoms with Crippen molar-refractivity contribution >= 4 is 5.97 Å². The Hall–Kier alpha value is -2.82. The minimum Gasteiger partial charge on any atom is -0.476 e. The molecule has 0 spiro atoms. The van der Waals surface area contributed by atoms with Gasteiger partial charge in [-0.25, -0.2) is 9.18 Å². The largest absolute Gasteiger partial charge is 0.476 e. The molecule has 2 rings (SSSR count). The molecule has 120 valence electrons. The van der Waals surface area contributed by atoms with Gasteiger partial charge < -0.3 is 15.3 Å². The highest BCUT2D eigenvalue weighted by Crippen LogP contribution is 2.23.